The van der Waals surface area contributed by atoms with Gasteiger partial charge in [-0.2, -0.15) is 0 Å². The number of carbonyl (C=O) groups excluding carboxylic acids is 1. The average Bonchev–Trinajstić information content (AvgIpc) is 2.75. The molecule has 3 aromatic carbocycles. The zero-order valence-corrected chi connectivity index (χ0v) is 19.0. The highest BCUT2D eigenvalue weighted by Gasteiger charge is 2.17. The molecular formula is C24H22Cl2N2O4. The van der Waals surface area contributed by atoms with Crippen LogP contribution in [0.4, 0.5) is 4.79 Å². The minimum atomic E-state index is -1.18. The maximum absolute atomic E-state index is 12.8. The lowest BCUT2D eigenvalue weighted by Crippen LogP contribution is -2.24. The largest absolute Gasteiger partial charge is 0.507 e. The van der Waals surface area contributed by atoms with Crippen LogP contribution in [0.15, 0.2) is 48.5 Å². The van der Waals surface area contributed by atoms with E-state index in [1.54, 1.807) is 50.2 Å². The van der Waals surface area contributed by atoms with Crippen molar-refractivity contribution in [3.8, 4) is 16.9 Å². The summed E-state index contributed by atoms with van der Waals surface area (Å²) in [7, 11) is 0. The quantitative estimate of drug-likeness (QED) is 0.370. The van der Waals surface area contributed by atoms with Gasteiger partial charge in [0.2, 0.25) is 0 Å². The van der Waals surface area contributed by atoms with Crippen molar-refractivity contribution in [2.24, 2.45) is 0 Å². The number of carboxylic acid groups (broad SMARTS) is 1. The average molecular weight is 473 g/mol. The molecule has 0 bridgehead atoms. The molecule has 0 aliphatic rings. The molecule has 166 valence electrons. The smallest absolute Gasteiger partial charge is 0.404 e. The fourth-order valence-electron chi connectivity index (χ4n) is 3.37. The molecule has 3 rings (SSSR count). The first kappa shape index (κ1) is 23.4. The second-order valence-corrected chi connectivity index (χ2v) is 8.26. The van der Waals surface area contributed by atoms with Gasteiger partial charge in [-0.05, 0) is 83.6 Å². The van der Waals surface area contributed by atoms with Crippen molar-refractivity contribution in [1.29, 1.82) is 0 Å². The maximum Gasteiger partial charge on any atom is 0.404 e. The molecule has 0 aliphatic carbocycles. The number of rotatable bonds is 6. The van der Waals surface area contributed by atoms with Crippen molar-refractivity contribution in [1.82, 2.24) is 10.6 Å². The van der Waals surface area contributed by atoms with E-state index in [4.69, 9.17) is 28.3 Å². The highest BCUT2D eigenvalue weighted by molar-refractivity contribution is 6.34. The van der Waals surface area contributed by atoms with Crippen molar-refractivity contribution in [2.45, 2.75) is 26.9 Å². The normalized spacial score (nSPS) is 10.6. The van der Waals surface area contributed by atoms with Crippen LogP contribution in [-0.4, -0.2) is 22.2 Å². The number of phenolic OH excluding ortho intramolecular Hbond substituents is 1. The molecule has 0 heterocycles. The molecule has 0 unspecified atom stereocenters. The summed E-state index contributed by atoms with van der Waals surface area (Å²) in [6.07, 6.45) is -1.18. The second kappa shape index (κ2) is 9.94. The van der Waals surface area contributed by atoms with E-state index in [-0.39, 0.29) is 35.3 Å². The van der Waals surface area contributed by atoms with Crippen molar-refractivity contribution in [3.63, 3.8) is 0 Å². The van der Waals surface area contributed by atoms with Crippen LogP contribution in [0.2, 0.25) is 10.0 Å². The number of benzene rings is 3. The monoisotopic (exact) mass is 472 g/mol. The Kier molecular flexibility index (Phi) is 7.28. The summed E-state index contributed by atoms with van der Waals surface area (Å²) in [5.74, 6) is -0.186. The predicted octanol–water partition coefficient (Wildman–Crippen LogP) is 5.68. The number of aryl methyl sites for hydroxylation is 2. The summed E-state index contributed by atoms with van der Waals surface area (Å²) in [4.78, 5) is 23.9. The van der Waals surface area contributed by atoms with E-state index in [1.165, 1.54) is 0 Å². The number of nitrogens with one attached hydrogen (secondary N) is 2. The van der Waals surface area contributed by atoms with Crippen LogP contribution in [0.1, 0.15) is 32.6 Å². The Bertz CT molecular complexity index is 1150. The molecule has 8 heteroatoms. The van der Waals surface area contributed by atoms with Crippen molar-refractivity contribution in [2.75, 3.05) is 0 Å². The minimum Gasteiger partial charge on any atom is -0.507 e. The third-order valence-corrected chi connectivity index (χ3v) is 5.60. The molecule has 4 N–H and O–H groups in total. The molecule has 3 aromatic rings. The van der Waals surface area contributed by atoms with Gasteiger partial charge in [-0.1, -0.05) is 35.3 Å². The van der Waals surface area contributed by atoms with Crippen LogP contribution in [0.3, 0.4) is 0 Å². The van der Waals surface area contributed by atoms with E-state index in [0.717, 1.165) is 11.1 Å². The third-order valence-electron chi connectivity index (χ3n) is 5.04. The first-order valence-corrected chi connectivity index (χ1v) is 10.5. The topological polar surface area (TPSA) is 98.7 Å². The summed E-state index contributed by atoms with van der Waals surface area (Å²) in [5.41, 5.74) is 4.48. The van der Waals surface area contributed by atoms with E-state index in [1.807, 2.05) is 12.1 Å². The van der Waals surface area contributed by atoms with E-state index in [0.29, 0.717) is 27.3 Å². The van der Waals surface area contributed by atoms with Crippen LogP contribution in [0.5, 0.6) is 5.75 Å². The minimum absolute atomic E-state index is 0.0156. The van der Waals surface area contributed by atoms with E-state index in [9.17, 15) is 14.7 Å². The lowest BCUT2D eigenvalue weighted by molar-refractivity contribution is 0.0951. The Morgan fingerprint density at radius 1 is 0.906 bits per heavy atom. The predicted molar refractivity (Wildman–Crippen MR) is 126 cm³/mol. The number of hydrogen-bond donors (Lipinski definition) is 4. The van der Waals surface area contributed by atoms with Gasteiger partial charge in [0, 0.05) is 18.1 Å². The van der Waals surface area contributed by atoms with Gasteiger partial charge in [0.05, 0.1) is 10.6 Å². The van der Waals surface area contributed by atoms with Crippen LogP contribution >= 0.6 is 23.2 Å². The molecular weight excluding hydrogens is 451 g/mol. The third kappa shape index (κ3) is 5.52. The number of hydrogen-bond acceptors (Lipinski definition) is 3. The molecule has 0 atom stereocenters. The standard InChI is InChI=1S/C24H22Cl2N2O4/c1-13-7-16(8-14(2)22(13)29)19-10-21(26)20(9-17(19)12-28-24(31)32)23(30)27-11-15-3-5-18(25)6-4-15/h3-10,28-29H,11-12H2,1-2H3,(H,27,30)(H,31,32). The molecule has 0 fully saturated rings. The molecule has 0 spiro atoms. The lowest BCUT2D eigenvalue weighted by atomic mass is 9.94. The molecule has 6 nitrogen and oxygen atoms in total. The molecule has 32 heavy (non-hydrogen) atoms. The van der Waals surface area contributed by atoms with Gasteiger partial charge in [0.1, 0.15) is 5.75 Å². The molecule has 2 amide bonds. The SMILES string of the molecule is Cc1cc(-c2cc(Cl)c(C(=O)NCc3ccc(Cl)cc3)cc2CNC(=O)O)cc(C)c1O. The zero-order valence-electron chi connectivity index (χ0n) is 17.5. The van der Waals surface area contributed by atoms with Gasteiger partial charge >= 0.3 is 6.09 Å². The summed E-state index contributed by atoms with van der Waals surface area (Å²) in [6.45, 7) is 3.83. The van der Waals surface area contributed by atoms with E-state index in [2.05, 4.69) is 10.6 Å². The zero-order chi connectivity index (χ0) is 23.4. The Morgan fingerprint density at radius 3 is 2.12 bits per heavy atom. The summed E-state index contributed by atoms with van der Waals surface area (Å²) < 4.78 is 0. The van der Waals surface area contributed by atoms with Gasteiger partial charge in [0.15, 0.2) is 0 Å². The Balaban J connectivity index is 1.95. The van der Waals surface area contributed by atoms with Gasteiger partial charge in [-0.3, -0.25) is 4.79 Å². The Morgan fingerprint density at radius 2 is 1.53 bits per heavy atom. The van der Waals surface area contributed by atoms with Crippen molar-refractivity contribution >= 4 is 35.2 Å². The fourth-order valence-corrected chi connectivity index (χ4v) is 3.74. The number of carbonyl (C=O) groups is 2. The Hall–Kier alpha value is -3.22. The van der Waals surface area contributed by atoms with Crippen LogP contribution in [0.25, 0.3) is 11.1 Å². The lowest BCUT2D eigenvalue weighted by Gasteiger charge is -2.16. The maximum atomic E-state index is 12.8. The number of phenols is 1. The summed E-state index contributed by atoms with van der Waals surface area (Å²) >= 11 is 12.3. The second-order valence-electron chi connectivity index (χ2n) is 7.42. The van der Waals surface area contributed by atoms with E-state index >= 15 is 0 Å². The molecule has 0 aromatic heterocycles. The van der Waals surface area contributed by atoms with Gasteiger partial charge in [-0.15, -0.1) is 0 Å². The number of amides is 2. The van der Waals surface area contributed by atoms with Crippen LogP contribution in [-0.2, 0) is 13.1 Å². The van der Waals surface area contributed by atoms with E-state index < -0.39 is 6.09 Å². The molecule has 0 saturated heterocycles. The van der Waals surface area contributed by atoms with Crippen LogP contribution < -0.4 is 10.6 Å². The number of aromatic hydroxyl groups is 1. The molecule has 0 saturated carbocycles. The summed E-state index contributed by atoms with van der Waals surface area (Å²) in [5, 5.41) is 25.1. The van der Waals surface area contributed by atoms with Crippen molar-refractivity contribution < 1.29 is 19.8 Å². The highest BCUT2D eigenvalue weighted by atomic mass is 35.5. The van der Waals surface area contributed by atoms with Crippen LogP contribution in [0, 0.1) is 13.8 Å². The molecule has 0 radical (unpaired) electrons. The molecule has 0 aliphatic heterocycles. The van der Waals surface area contributed by atoms with Gasteiger partial charge < -0.3 is 20.8 Å². The first-order valence-electron chi connectivity index (χ1n) is 9.78. The first-order chi connectivity index (χ1) is 15.2. The number of halogens is 2. The van der Waals surface area contributed by atoms with Gasteiger partial charge in [0.25, 0.3) is 5.91 Å². The van der Waals surface area contributed by atoms with Crippen molar-refractivity contribution in [3.05, 3.63) is 86.4 Å². The fraction of sp³-hybridized carbons (Fsp3) is 0.167. The highest BCUT2D eigenvalue weighted by Crippen LogP contribution is 2.34. The van der Waals surface area contributed by atoms with Gasteiger partial charge in [-0.25, -0.2) is 4.79 Å². The summed E-state index contributed by atoms with van der Waals surface area (Å²) in [6, 6.07) is 13.9. The Labute approximate surface area is 195 Å².